The SMILES string of the molecule is COc1ccc(C)cc1NC(=O)C(Sc1nc2ccsc2c(=O)n1C)c1ccccc1. The quantitative estimate of drug-likeness (QED) is 0.337. The van der Waals surface area contributed by atoms with E-state index in [9.17, 15) is 9.59 Å². The molecule has 2 aromatic carbocycles. The van der Waals surface area contributed by atoms with E-state index in [1.165, 1.54) is 27.7 Å². The summed E-state index contributed by atoms with van der Waals surface area (Å²) in [7, 11) is 3.25. The van der Waals surface area contributed by atoms with E-state index < -0.39 is 5.25 Å². The highest BCUT2D eigenvalue weighted by molar-refractivity contribution is 8.00. The Morgan fingerprint density at radius 2 is 1.97 bits per heavy atom. The van der Waals surface area contributed by atoms with Gasteiger partial charge in [-0.3, -0.25) is 14.2 Å². The third kappa shape index (κ3) is 4.35. The molecule has 4 rings (SSSR count). The molecule has 1 N–H and O–H groups in total. The van der Waals surface area contributed by atoms with Crippen molar-refractivity contribution in [3.8, 4) is 5.75 Å². The first-order valence-corrected chi connectivity index (χ1v) is 11.3. The Hall–Kier alpha value is -3.10. The summed E-state index contributed by atoms with van der Waals surface area (Å²) >= 11 is 2.62. The van der Waals surface area contributed by atoms with E-state index in [1.807, 2.05) is 66.9 Å². The van der Waals surface area contributed by atoms with Crippen molar-refractivity contribution in [3.05, 3.63) is 81.5 Å². The van der Waals surface area contributed by atoms with Crippen LogP contribution in [0.25, 0.3) is 10.2 Å². The fourth-order valence-electron chi connectivity index (χ4n) is 3.20. The van der Waals surface area contributed by atoms with Crippen LogP contribution in [0.5, 0.6) is 5.75 Å². The standard InChI is InChI=1S/C23H21N3O3S2/c1-14-9-10-18(29-3)17(13-14)24-21(27)19(15-7-5-4-6-8-15)31-23-25-16-11-12-30-20(16)22(28)26(23)2/h4-13,19H,1-3H3,(H,24,27). The van der Waals surface area contributed by atoms with E-state index >= 15 is 0 Å². The minimum Gasteiger partial charge on any atom is -0.495 e. The number of anilines is 1. The van der Waals surface area contributed by atoms with Gasteiger partial charge in [0.15, 0.2) is 5.16 Å². The number of carbonyl (C=O) groups is 1. The number of amides is 1. The zero-order chi connectivity index (χ0) is 22.0. The molecular formula is C23H21N3O3S2. The van der Waals surface area contributed by atoms with Gasteiger partial charge in [0.2, 0.25) is 5.91 Å². The summed E-state index contributed by atoms with van der Waals surface area (Å²) in [6.07, 6.45) is 0. The van der Waals surface area contributed by atoms with E-state index in [2.05, 4.69) is 10.3 Å². The highest BCUT2D eigenvalue weighted by atomic mass is 32.2. The molecular weight excluding hydrogens is 430 g/mol. The molecule has 2 aromatic heterocycles. The number of aromatic nitrogens is 2. The minimum atomic E-state index is -0.611. The van der Waals surface area contributed by atoms with Gasteiger partial charge in [-0.1, -0.05) is 48.2 Å². The summed E-state index contributed by atoms with van der Waals surface area (Å²) in [5.41, 5.74) is 2.95. The first-order valence-electron chi connectivity index (χ1n) is 9.59. The van der Waals surface area contributed by atoms with Crippen LogP contribution in [0.2, 0.25) is 0 Å². The van der Waals surface area contributed by atoms with Crippen molar-refractivity contribution in [2.75, 3.05) is 12.4 Å². The Morgan fingerprint density at radius 3 is 2.71 bits per heavy atom. The Bertz CT molecular complexity index is 1300. The number of ether oxygens (including phenoxy) is 1. The molecule has 0 saturated carbocycles. The molecule has 0 fully saturated rings. The number of aryl methyl sites for hydroxylation is 1. The lowest BCUT2D eigenvalue weighted by Crippen LogP contribution is -2.23. The Labute approximate surface area is 187 Å². The molecule has 4 aromatic rings. The van der Waals surface area contributed by atoms with Crippen molar-refractivity contribution < 1.29 is 9.53 Å². The molecule has 0 spiro atoms. The average molecular weight is 452 g/mol. The van der Waals surface area contributed by atoms with E-state index in [0.717, 1.165) is 11.1 Å². The van der Waals surface area contributed by atoms with Crippen LogP contribution in [-0.2, 0) is 11.8 Å². The fraction of sp³-hybridized carbons (Fsp3) is 0.174. The van der Waals surface area contributed by atoms with E-state index in [1.54, 1.807) is 14.2 Å². The van der Waals surface area contributed by atoms with Crippen LogP contribution in [0.3, 0.4) is 0 Å². The highest BCUT2D eigenvalue weighted by Crippen LogP contribution is 2.36. The summed E-state index contributed by atoms with van der Waals surface area (Å²) in [5.74, 6) is 0.362. The van der Waals surface area contributed by atoms with Gasteiger partial charge in [0.1, 0.15) is 15.7 Å². The second-order valence-electron chi connectivity index (χ2n) is 7.00. The average Bonchev–Trinajstić information content (AvgIpc) is 3.24. The van der Waals surface area contributed by atoms with Crippen LogP contribution in [-0.4, -0.2) is 22.6 Å². The summed E-state index contributed by atoms with van der Waals surface area (Å²) in [5, 5.41) is 4.71. The fourth-order valence-corrected chi connectivity index (χ4v) is 5.06. The van der Waals surface area contributed by atoms with Crippen molar-refractivity contribution in [1.29, 1.82) is 0 Å². The van der Waals surface area contributed by atoms with Crippen molar-refractivity contribution in [2.45, 2.75) is 17.3 Å². The lowest BCUT2D eigenvalue weighted by Gasteiger charge is -2.19. The predicted molar refractivity (Wildman–Crippen MR) is 126 cm³/mol. The van der Waals surface area contributed by atoms with Gasteiger partial charge in [-0.2, -0.15) is 0 Å². The molecule has 158 valence electrons. The number of nitrogens with zero attached hydrogens (tertiary/aromatic N) is 2. The molecule has 0 radical (unpaired) electrons. The number of hydrogen-bond donors (Lipinski definition) is 1. The number of nitrogens with one attached hydrogen (secondary N) is 1. The van der Waals surface area contributed by atoms with Gasteiger partial charge >= 0.3 is 0 Å². The lowest BCUT2D eigenvalue weighted by molar-refractivity contribution is -0.115. The van der Waals surface area contributed by atoms with Crippen LogP contribution in [0.1, 0.15) is 16.4 Å². The van der Waals surface area contributed by atoms with Gasteiger partial charge in [0, 0.05) is 7.05 Å². The van der Waals surface area contributed by atoms with Crippen LogP contribution in [0.15, 0.2) is 69.9 Å². The van der Waals surface area contributed by atoms with Gasteiger partial charge in [-0.05, 0) is 41.6 Å². The van der Waals surface area contributed by atoms with Gasteiger partial charge in [-0.15, -0.1) is 11.3 Å². The Morgan fingerprint density at radius 1 is 1.19 bits per heavy atom. The molecule has 1 amide bonds. The van der Waals surface area contributed by atoms with Crippen LogP contribution >= 0.6 is 23.1 Å². The first-order chi connectivity index (χ1) is 15.0. The van der Waals surface area contributed by atoms with Crippen molar-refractivity contribution in [2.24, 2.45) is 7.05 Å². The molecule has 0 bridgehead atoms. The number of thiophene rings is 1. The number of hydrogen-bond acceptors (Lipinski definition) is 6. The maximum Gasteiger partial charge on any atom is 0.271 e. The molecule has 6 nitrogen and oxygen atoms in total. The van der Waals surface area contributed by atoms with Crippen molar-refractivity contribution >= 4 is 44.9 Å². The molecule has 1 unspecified atom stereocenters. The number of thioether (sulfide) groups is 1. The summed E-state index contributed by atoms with van der Waals surface area (Å²) in [6.45, 7) is 1.95. The Kier molecular flexibility index (Phi) is 6.11. The summed E-state index contributed by atoms with van der Waals surface area (Å²) in [4.78, 5) is 30.7. The van der Waals surface area contributed by atoms with Gasteiger partial charge in [0.25, 0.3) is 5.56 Å². The predicted octanol–water partition coefficient (Wildman–Crippen LogP) is 4.78. The topological polar surface area (TPSA) is 73.2 Å². The minimum absolute atomic E-state index is 0.116. The number of carbonyl (C=O) groups excluding carboxylic acids is 1. The number of methoxy groups -OCH3 is 1. The van der Waals surface area contributed by atoms with Gasteiger partial charge < -0.3 is 10.1 Å². The highest BCUT2D eigenvalue weighted by Gasteiger charge is 2.25. The van der Waals surface area contributed by atoms with Crippen LogP contribution < -0.4 is 15.6 Å². The van der Waals surface area contributed by atoms with E-state index in [4.69, 9.17) is 4.74 Å². The largest absolute Gasteiger partial charge is 0.495 e. The Balaban J connectivity index is 1.72. The number of benzene rings is 2. The van der Waals surface area contributed by atoms with Crippen molar-refractivity contribution in [3.63, 3.8) is 0 Å². The molecule has 1 atom stereocenters. The molecule has 0 saturated heterocycles. The second-order valence-corrected chi connectivity index (χ2v) is 8.98. The smallest absolute Gasteiger partial charge is 0.271 e. The summed E-state index contributed by atoms with van der Waals surface area (Å²) in [6, 6.07) is 16.9. The summed E-state index contributed by atoms with van der Waals surface area (Å²) < 4.78 is 7.51. The molecule has 31 heavy (non-hydrogen) atoms. The van der Waals surface area contributed by atoms with E-state index in [0.29, 0.717) is 26.8 Å². The molecule has 0 aliphatic rings. The number of fused-ring (bicyclic) bond motifs is 1. The van der Waals surface area contributed by atoms with Crippen molar-refractivity contribution in [1.82, 2.24) is 9.55 Å². The van der Waals surface area contributed by atoms with Gasteiger partial charge in [0.05, 0.1) is 18.3 Å². The second kappa shape index (κ2) is 8.95. The lowest BCUT2D eigenvalue weighted by atomic mass is 10.1. The monoisotopic (exact) mass is 451 g/mol. The maximum absolute atomic E-state index is 13.4. The third-order valence-electron chi connectivity index (χ3n) is 4.82. The van der Waals surface area contributed by atoms with Gasteiger partial charge in [-0.25, -0.2) is 4.98 Å². The third-order valence-corrected chi connectivity index (χ3v) is 7.01. The zero-order valence-electron chi connectivity index (χ0n) is 17.3. The molecule has 2 heterocycles. The first kappa shape index (κ1) is 21.1. The van der Waals surface area contributed by atoms with Crippen LogP contribution in [0, 0.1) is 6.92 Å². The maximum atomic E-state index is 13.4. The molecule has 8 heteroatoms. The number of rotatable bonds is 6. The molecule has 0 aliphatic heterocycles. The zero-order valence-corrected chi connectivity index (χ0v) is 18.9. The van der Waals surface area contributed by atoms with Crippen LogP contribution in [0.4, 0.5) is 5.69 Å². The molecule has 0 aliphatic carbocycles. The normalized spacial score (nSPS) is 12.0. The van der Waals surface area contributed by atoms with E-state index in [-0.39, 0.29) is 11.5 Å².